The molecule has 0 atom stereocenters. The SMILES string of the molecule is CCCC1CCN(c2ccc(Cc3c(NC(=O)c4ccccc4-c4ccc(C(F)(F)F)cc4)cn(C)c3NC=O)cc2)CC1. The molecule has 0 unspecified atom stereocenters. The van der Waals surface area contributed by atoms with Gasteiger partial charge in [-0.05, 0) is 65.8 Å². The highest BCUT2D eigenvalue weighted by molar-refractivity contribution is 6.09. The Bertz CT molecular complexity index is 1590. The number of benzene rings is 3. The van der Waals surface area contributed by atoms with Gasteiger partial charge in [-0.3, -0.25) is 9.59 Å². The lowest BCUT2D eigenvalue weighted by Gasteiger charge is -2.33. The number of alkyl halides is 3. The molecule has 1 fully saturated rings. The fourth-order valence-corrected chi connectivity index (χ4v) is 6.09. The van der Waals surface area contributed by atoms with Crippen LogP contribution in [0, 0.1) is 5.92 Å². The van der Waals surface area contributed by atoms with E-state index in [2.05, 4.69) is 46.7 Å². The third kappa shape index (κ3) is 6.98. The maximum absolute atomic E-state index is 13.6. The fraction of sp³-hybridized carbons (Fsp3) is 0.314. The summed E-state index contributed by atoms with van der Waals surface area (Å²) >= 11 is 0. The number of nitrogens with one attached hydrogen (secondary N) is 2. The van der Waals surface area contributed by atoms with Gasteiger partial charge < -0.3 is 20.1 Å². The van der Waals surface area contributed by atoms with Crippen LogP contribution in [0.2, 0.25) is 0 Å². The van der Waals surface area contributed by atoms with Crippen molar-refractivity contribution < 1.29 is 22.8 Å². The van der Waals surface area contributed by atoms with Crippen LogP contribution >= 0.6 is 0 Å². The number of hydrogen-bond acceptors (Lipinski definition) is 3. The van der Waals surface area contributed by atoms with E-state index in [1.165, 1.54) is 43.5 Å². The summed E-state index contributed by atoms with van der Waals surface area (Å²) in [6, 6.07) is 20.0. The lowest BCUT2D eigenvalue weighted by molar-refractivity contribution is -0.137. The summed E-state index contributed by atoms with van der Waals surface area (Å²) in [6.07, 6.45) is 3.32. The fourth-order valence-electron chi connectivity index (χ4n) is 6.09. The summed E-state index contributed by atoms with van der Waals surface area (Å²) in [5, 5.41) is 5.75. The van der Waals surface area contributed by atoms with E-state index in [1.54, 1.807) is 42.1 Å². The summed E-state index contributed by atoms with van der Waals surface area (Å²) in [5.41, 5.74) is 4.06. The molecule has 0 radical (unpaired) electrons. The van der Waals surface area contributed by atoms with E-state index in [9.17, 15) is 22.8 Å². The molecular formula is C35H37F3N4O2. The van der Waals surface area contributed by atoms with Gasteiger partial charge in [0.2, 0.25) is 6.41 Å². The Morgan fingerprint density at radius 3 is 2.30 bits per heavy atom. The number of aryl methyl sites for hydroxylation is 1. The molecule has 1 saturated heterocycles. The number of aromatic nitrogens is 1. The standard InChI is InChI=1S/C35H37F3N4O2/c1-3-6-24-17-19-42(20-18-24)28-15-9-25(10-16-28)21-31-32(22-41(2)33(31)39-23-43)40-34(44)30-8-5-4-7-29(30)26-11-13-27(14-12-26)35(36,37)38/h4-5,7-16,22-24H,3,6,17-21H2,1-2H3,(H,39,43)(H,40,44). The first-order chi connectivity index (χ1) is 21.2. The smallest absolute Gasteiger partial charge is 0.372 e. The zero-order valence-electron chi connectivity index (χ0n) is 25.0. The highest BCUT2D eigenvalue weighted by atomic mass is 19.4. The lowest BCUT2D eigenvalue weighted by atomic mass is 9.92. The zero-order valence-corrected chi connectivity index (χ0v) is 25.0. The van der Waals surface area contributed by atoms with Crippen LogP contribution in [0.1, 0.15) is 59.7 Å². The number of carbonyl (C=O) groups excluding carboxylic acids is 2. The molecule has 1 aliphatic rings. The van der Waals surface area contributed by atoms with Gasteiger partial charge >= 0.3 is 6.18 Å². The number of anilines is 3. The number of hydrogen-bond donors (Lipinski definition) is 2. The molecule has 9 heteroatoms. The van der Waals surface area contributed by atoms with Crippen molar-refractivity contribution >= 4 is 29.5 Å². The van der Waals surface area contributed by atoms with Crippen LogP contribution in [0.3, 0.4) is 0 Å². The lowest BCUT2D eigenvalue weighted by Crippen LogP contribution is -2.33. The number of amides is 2. The molecule has 44 heavy (non-hydrogen) atoms. The highest BCUT2D eigenvalue weighted by Gasteiger charge is 2.30. The second-order valence-corrected chi connectivity index (χ2v) is 11.4. The Morgan fingerprint density at radius 2 is 1.66 bits per heavy atom. The van der Waals surface area contributed by atoms with Gasteiger partial charge in [-0.15, -0.1) is 0 Å². The van der Waals surface area contributed by atoms with Crippen LogP contribution in [-0.2, 0) is 24.4 Å². The summed E-state index contributed by atoms with van der Waals surface area (Å²) in [4.78, 5) is 27.5. The predicted octanol–water partition coefficient (Wildman–Crippen LogP) is 8.14. The van der Waals surface area contributed by atoms with E-state index in [4.69, 9.17) is 0 Å². The molecule has 6 nitrogen and oxygen atoms in total. The average Bonchev–Trinajstić information content (AvgIpc) is 3.30. The van der Waals surface area contributed by atoms with Crippen molar-refractivity contribution in [1.82, 2.24) is 4.57 Å². The maximum Gasteiger partial charge on any atom is 0.416 e. The molecule has 0 bridgehead atoms. The molecule has 2 N–H and O–H groups in total. The third-order valence-corrected chi connectivity index (χ3v) is 8.42. The minimum Gasteiger partial charge on any atom is -0.372 e. The number of halogens is 3. The van der Waals surface area contributed by atoms with E-state index in [0.29, 0.717) is 41.0 Å². The van der Waals surface area contributed by atoms with Crippen molar-refractivity contribution in [3.05, 3.63) is 101 Å². The molecule has 0 spiro atoms. The monoisotopic (exact) mass is 602 g/mol. The van der Waals surface area contributed by atoms with Gasteiger partial charge in [-0.25, -0.2) is 0 Å². The summed E-state index contributed by atoms with van der Waals surface area (Å²) in [7, 11) is 1.78. The van der Waals surface area contributed by atoms with Crippen molar-refractivity contribution in [2.45, 2.75) is 45.2 Å². The molecule has 2 amide bonds. The molecule has 1 aromatic heterocycles. The van der Waals surface area contributed by atoms with Gasteiger partial charge in [0.15, 0.2) is 0 Å². The minimum absolute atomic E-state index is 0.319. The predicted molar refractivity (Wildman–Crippen MR) is 169 cm³/mol. The molecule has 5 rings (SSSR count). The molecule has 2 heterocycles. The second-order valence-electron chi connectivity index (χ2n) is 11.4. The van der Waals surface area contributed by atoms with Gasteiger partial charge in [0, 0.05) is 49.6 Å². The minimum atomic E-state index is -4.45. The number of rotatable bonds is 10. The number of carbonyl (C=O) groups is 2. The third-order valence-electron chi connectivity index (χ3n) is 8.42. The van der Waals surface area contributed by atoms with Gasteiger partial charge in [0.05, 0.1) is 11.3 Å². The van der Waals surface area contributed by atoms with Gasteiger partial charge in [-0.2, -0.15) is 13.2 Å². The molecule has 3 aromatic carbocycles. The number of nitrogens with zero attached hydrogens (tertiary/aromatic N) is 2. The molecular weight excluding hydrogens is 565 g/mol. The largest absolute Gasteiger partial charge is 0.416 e. The van der Waals surface area contributed by atoms with E-state index in [-0.39, 0.29) is 0 Å². The first kappa shape index (κ1) is 30.9. The quantitative estimate of drug-likeness (QED) is 0.180. The summed E-state index contributed by atoms with van der Waals surface area (Å²) in [6.45, 7) is 4.35. The van der Waals surface area contributed by atoms with Gasteiger partial charge in [-0.1, -0.05) is 62.2 Å². The van der Waals surface area contributed by atoms with E-state index < -0.39 is 17.6 Å². The molecule has 4 aromatic rings. The second kappa shape index (κ2) is 13.4. The van der Waals surface area contributed by atoms with Crippen LogP contribution < -0.4 is 15.5 Å². The van der Waals surface area contributed by atoms with Crippen molar-refractivity contribution in [3.8, 4) is 11.1 Å². The zero-order chi connectivity index (χ0) is 31.3. The molecule has 1 aliphatic heterocycles. The Balaban J connectivity index is 1.36. The summed E-state index contributed by atoms with van der Waals surface area (Å²) < 4.78 is 41.1. The molecule has 0 aliphatic carbocycles. The van der Waals surface area contributed by atoms with Crippen LogP contribution in [0.4, 0.5) is 30.4 Å². The molecule has 0 saturated carbocycles. The van der Waals surface area contributed by atoms with E-state index >= 15 is 0 Å². The maximum atomic E-state index is 13.6. The normalized spacial score (nSPS) is 14.0. The molecule has 230 valence electrons. The topological polar surface area (TPSA) is 66.4 Å². The average molecular weight is 603 g/mol. The number of piperidine rings is 1. The first-order valence-corrected chi connectivity index (χ1v) is 15.0. The van der Waals surface area contributed by atoms with Crippen LogP contribution in [0.25, 0.3) is 11.1 Å². The van der Waals surface area contributed by atoms with Gasteiger partial charge in [0.1, 0.15) is 5.82 Å². The Labute approximate surface area is 255 Å². The Morgan fingerprint density at radius 1 is 0.977 bits per heavy atom. The Hall–Kier alpha value is -4.53. The highest BCUT2D eigenvalue weighted by Crippen LogP contribution is 2.34. The van der Waals surface area contributed by atoms with Crippen LogP contribution in [0.5, 0.6) is 0 Å². The van der Waals surface area contributed by atoms with Crippen molar-refractivity contribution in [3.63, 3.8) is 0 Å². The van der Waals surface area contributed by atoms with Crippen molar-refractivity contribution in [2.75, 3.05) is 28.6 Å². The van der Waals surface area contributed by atoms with E-state index in [0.717, 1.165) is 42.3 Å². The summed E-state index contributed by atoms with van der Waals surface area (Å²) in [5.74, 6) is 0.966. The van der Waals surface area contributed by atoms with E-state index in [1.807, 2.05) is 0 Å². The first-order valence-electron chi connectivity index (χ1n) is 15.0. The van der Waals surface area contributed by atoms with Crippen molar-refractivity contribution in [1.29, 1.82) is 0 Å². The Kier molecular flexibility index (Phi) is 9.42. The van der Waals surface area contributed by atoms with Crippen molar-refractivity contribution in [2.24, 2.45) is 13.0 Å². The van der Waals surface area contributed by atoms with Crippen LogP contribution in [0.15, 0.2) is 79.0 Å². The van der Waals surface area contributed by atoms with Crippen LogP contribution in [-0.4, -0.2) is 30.0 Å². The van der Waals surface area contributed by atoms with Gasteiger partial charge in [0.25, 0.3) is 5.91 Å².